The fraction of sp³-hybridized carbons (Fsp3) is 0.280. The number of nitrogens with one attached hydrogen (secondary N) is 1. The second-order valence-electron chi connectivity index (χ2n) is 7.86. The van der Waals surface area contributed by atoms with E-state index in [1.165, 1.54) is 30.7 Å². The Morgan fingerprint density at radius 2 is 1.88 bits per heavy atom. The third-order valence-corrected chi connectivity index (χ3v) is 5.48. The van der Waals surface area contributed by atoms with Crippen molar-refractivity contribution in [2.45, 2.75) is 25.9 Å². The molecule has 0 radical (unpaired) electrons. The topological polar surface area (TPSA) is 57.7 Å². The molecule has 1 aromatic heterocycles. The average Bonchev–Trinajstić information content (AvgIpc) is 3.33. The number of carbonyl (C=O) groups is 1. The van der Waals surface area contributed by atoms with Crippen LogP contribution >= 0.6 is 0 Å². The Hall–Kier alpha value is -3.61. The van der Waals surface area contributed by atoms with Crippen LogP contribution in [0.25, 0.3) is 0 Å². The van der Waals surface area contributed by atoms with Gasteiger partial charge in [-0.25, -0.2) is 14.2 Å². The summed E-state index contributed by atoms with van der Waals surface area (Å²) in [5, 5.41) is 2.92. The van der Waals surface area contributed by atoms with E-state index < -0.39 is 0 Å². The van der Waals surface area contributed by atoms with Gasteiger partial charge in [-0.3, -0.25) is 0 Å². The minimum absolute atomic E-state index is 0.193. The monoisotopic (exact) mass is 434 g/mol. The number of pyridine rings is 1. The van der Waals surface area contributed by atoms with Gasteiger partial charge >= 0.3 is 6.03 Å². The second kappa shape index (κ2) is 10.1. The smallest absolute Gasteiger partial charge is 0.317 e. The number of anilines is 1. The molecule has 2 heterocycles. The zero-order valence-corrected chi connectivity index (χ0v) is 18.1. The first kappa shape index (κ1) is 21.6. The average molecular weight is 435 g/mol. The number of halogens is 1. The highest BCUT2D eigenvalue weighted by Gasteiger charge is 2.18. The summed E-state index contributed by atoms with van der Waals surface area (Å²) < 4.78 is 19.2. The normalized spacial score (nSPS) is 13.1. The summed E-state index contributed by atoms with van der Waals surface area (Å²) in [5.41, 5.74) is 3.03. The van der Waals surface area contributed by atoms with Crippen LogP contribution in [-0.4, -0.2) is 36.1 Å². The zero-order chi connectivity index (χ0) is 22.3. The number of aromatic nitrogens is 1. The van der Waals surface area contributed by atoms with E-state index in [0.717, 1.165) is 18.7 Å². The number of carbonyl (C=O) groups excluding carboxylic acids is 1. The van der Waals surface area contributed by atoms with E-state index in [1.54, 1.807) is 36.3 Å². The van der Waals surface area contributed by atoms with Crippen molar-refractivity contribution < 1.29 is 13.9 Å². The van der Waals surface area contributed by atoms with Gasteiger partial charge in [-0.05, 0) is 42.7 Å². The van der Waals surface area contributed by atoms with Crippen LogP contribution in [0, 0.1) is 5.82 Å². The molecule has 2 aromatic carbocycles. The molecule has 1 saturated heterocycles. The number of rotatable bonds is 7. The van der Waals surface area contributed by atoms with E-state index >= 15 is 0 Å². The molecular weight excluding hydrogens is 407 g/mol. The molecule has 1 N–H and O–H groups in total. The highest BCUT2D eigenvalue weighted by atomic mass is 19.1. The van der Waals surface area contributed by atoms with Gasteiger partial charge in [0.1, 0.15) is 11.6 Å². The van der Waals surface area contributed by atoms with Crippen LogP contribution in [0.3, 0.4) is 0 Å². The maximum absolute atomic E-state index is 13.5. The van der Waals surface area contributed by atoms with Crippen LogP contribution in [0.1, 0.15) is 24.0 Å². The Morgan fingerprint density at radius 1 is 1.09 bits per heavy atom. The molecule has 166 valence electrons. The van der Waals surface area contributed by atoms with Gasteiger partial charge in [0.25, 0.3) is 0 Å². The summed E-state index contributed by atoms with van der Waals surface area (Å²) in [4.78, 5) is 21.0. The Balaban J connectivity index is 1.38. The third kappa shape index (κ3) is 5.35. The van der Waals surface area contributed by atoms with Crippen molar-refractivity contribution in [2.24, 2.45) is 0 Å². The minimum Gasteiger partial charge on any atom is -0.439 e. The molecule has 1 fully saturated rings. The summed E-state index contributed by atoms with van der Waals surface area (Å²) in [6.07, 6.45) is 4.01. The van der Waals surface area contributed by atoms with Crippen molar-refractivity contribution in [3.05, 3.63) is 83.8 Å². The maximum Gasteiger partial charge on any atom is 0.317 e. The lowest BCUT2D eigenvalue weighted by atomic mass is 10.1. The van der Waals surface area contributed by atoms with Crippen LogP contribution in [0.4, 0.5) is 14.9 Å². The lowest BCUT2D eigenvalue weighted by molar-refractivity contribution is 0.206. The van der Waals surface area contributed by atoms with Gasteiger partial charge in [-0.2, -0.15) is 0 Å². The summed E-state index contributed by atoms with van der Waals surface area (Å²) >= 11 is 0. The van der Waals surface area contributed by atoms with E-state index in [0.29, 0.717) is 23.7 Å². The van der Waals surface area contributed by atoms with Crippen LogP contribution in [0.2, 0.25) is 0 Å². The molecule has 1 aliphatic heterocycles. The highest BCUT2D eigenvalue weighted by Crippen LogP contribution is 2.26. The van der Waals surface area contributed by atoms with Gasteiger partial charge in [0.2, 0.25) is 5.88 Å². The van der Waals surface area contributed by atoms with Crippen molar-refractivity contribution >= 4 is 11.7 Å². The van der Waals surface area contributed by atoms with Crippen LogP contribution in [0.15, 0.2) is 66.9 Å². The Bertz CT molecular complexity index is 1070. The Morgan fingerprint density at radius 3 is 2.69 bits per heavy atom. The first-order chi connectivity index (χ1) is 15.6. The Labute approximate surface area is 187 Å². The number of benzene rings is 2. The molecule has 3 aromatic rings. The van der Waals surface area contributed by atoms with Crippen LogP contribution in [0.5, 0.6) is 11.6 Å². The largest absolute Gasteiger partial charge is 0.439 e. The van der Waals surface area contributed by atoms with Crippen LogP contribution < -0.4 is 15.0 Å². The van der Waals surface area contributed by atoms with Crippen molar-refractivity contribution in [3.63, 3.8) is 0 Å². The van der Waals surface area contributed by atoms with E-state index in [-0.39, 0.29) is 18.4 Å². The SMILES string of the molecule is CN(Cc1ccccc1N1CCCC1)C(=O)NCc1cccnc1Oc1cccc(F)c1. The molecular formula is C25H27FN4O2. The number of ether oxygens (including phenoxy) is 1. The van der Waals surface area contributed by atoms with Crippen molar-refractivity contribution in [1.29, 1.82) is 0 Å². The Kier molecular flexibility index (Phi) is 6.84. The van der Waals surface area contributed by atoms with Crippen LogP contribution in [-0.2, 0) is 13.1 Å². The number of hydrogen-bond donors (Lipinski definition) is 1. The van der Waals surface area contributed by atoms with Crippen molar-refractivity contribution in [3.8, 4) is 11.6 Å². The van der Waals surface area contributed by atoms with Gasteiger partial charge < -0.3 is 19.9 Å². The molecule has 6 nitrogen and oxygen atoms in total. The molecule has 4 rings (SSSR count). The summed E-state index contributed by atoms with van der Waals surface area (Å²) in [5.74, 6) is 0.302. The predicted octanol–water partition coefficient (Wildman–Crippen LogP) is 4.95. The van der Waals surface area contributed by atoms with Gasteiger partial charge in [0, 0.05) is 56.7 Å². The molecule has 0 unspecified atom stereocenters. The number of urea groups is 1. The first-order valence-corrected chi connectivity index (χ1v) is 10.8. The number of hydrogen-bond acceptors (Lipinski definition) is 4. The predicted molar refractivity (Wildman–Crippen MR) is 122 cm³/mol. The summed E-state index contributed by atoms with van der Waals surface area (Å²) in [6.45, 7) is 2.87. The van der Waals surface area contributed by atoms with E-state index in [2.05, 4.69) is 27.3 Å². The fourth-order valence-corrected chi connectivity index (χ4v) is 3.84. The molecule has 32 heavy (non-hydrogen) atoms. The number of para-hydroxylation sites is 1. The van der Waals surface area contributed by atoms with Gasteiger partial charge in [0.05, 0.1) is 0 Å². The number of nitrogens with zero attached hydrogens (tertiary/aromatic N) is 3. The zero-order valence-electron chi connectivity index (χ0n) is 18.1. The fourth-order valence-electron chi connectivity index (χ4n) is 3.84. The van der Waals surface area contributed by atoms with Gasteiger partial charge in [-0.15, -0.1) is 0 Å². The van der Waals surface area contributed by atoms with E-state index in [4.69, 9.17) is 4.74 Å². The van der Waals surface area contributed by atoms with E-state index in [9.17, 15) is 9.18 Å². The molecule has 7 heteroatoms. The summed E-state index contributed by atoms with van der Waals surface area (Å²) in [6, 6.07) is 17.5. The molecule has 0 bridgehead atoms. The summed E-state index contributed by atoms with van der Waals surface area (Å²) in [7, 11) is 1.78. The maximum atomic E-state index is 13.5. The second-order valence-corrected chi connectivity index (χ2v) is 7.86. The molecule has 0 spiro atoms. The first-order valence-electron chi connectivity index (χ1n) is 10.8. The standard InChI is InChI=1S/C25H27FN4O2/c1-29(18-20-8-2-3-12-23(20)30-14-4-5-15-30)25(31)28-17-19-9-7-13-27-24(19)32-22-11-6-10-21(26)16-22/h2-3,6-13,16H,4-5,14-15,17-18H2,1H3,(H,28,31). The number of amides is 2. The lowest BCUT2D eigenvalue weighted by Crippen LogP contribution is -2.36. The van der Waals surface area contributed by atoms with E-state index in [1.807, 2.05) is 18.2 Å². The van der Waals surface area contributed by atoms with Crippen molar-refractivity contribution in [2.75, 3.05) is 25.0 Å². The molecule has 0 saturated carbocycles. The highest BCUT2D eigenvalue weighted by molar-refractivity contribution is 5.74. The third-order valence-electron chi connectivity index (χ3n) is 5.48. The van der Waals surface area contributed by atoms with Gasteiger partial charge in [0.15, 0.2) is 0 Å². The molecule has 0 atom stereocenters. The quantitative estimate of drug-likeness (QED) is 0.571. The molecule has 2 amide bonds. The molecule has 0 aliphatic carbocycles. The van der Waals surface area contributed by atoms with Crippen molar-refractivity contribution in [1.82, 2.24) is 15.2 Å². The molecule has 1 aliphatic rings. The minimum atomic E-state index is -0.385. The van der Waals surface area contributed by atoms with Gasteiger partial charge in [-0.1, -0.05) is 30.3 Å². The lowest BCUT2D eigenvalue weighted by Gasteiger charge is -2.24.